The molecule has 0 saturated carbocycles. The zero-order chi connectivity index (χ0) is 30.7. The van der Waals surface area contributed by atoms with Crippen molar-refractivity contribution in [1.82, 2.24) is 10.2 Å². The summed E-state index contributed by atoms with van der Waals surface area (Å²) in [6, 6.07) is 18.8. The Labute approximate surface area is 248 Å². The van der Waals surface area contributed by atoms with Gasteiger partial charge in [0.2, 0.25) is 11.8 Å². The van der Waals surface area contributed by atoms with Gasteiger partial charge in [0.1, 0.15) is 18.3 Å². The van der Waals surface area contributed by atoms with Gasteiger partial charge in [-0.3, -0.25) is 13.9 Å². The normalized spacial score (nSPS) is 11.7. The van der Waals surface area contributed by atoms with E-state index in [-0.39, 0.29) is 23.0 Å². The molecule has 1 unspecified atom stereocenters. The summed E-state index contributed by atoms with van der Waals surface area (Å²) in [6.45, 7) is 3.75. The summed E-state index contributed by atoms with van der Waals surface area (Å²) in [5.41, 5.74) is 0.965. The van der Waals surface area contributed by atoms with Crippen LogP contribution in [-0.4, -0.2) is 65.6 Å². The van der Waals surface area contributed by atoms with Gasteiger partial charge in [-0.15, -0.1) is 0 Å². The lowest BCUT2D eigenvalue weighted by atomic mass is 10.1. The molecule has 3 rings (SSSR count). The third kappa shape index (κ3) is 7.73. The van der Waals surface area contributed by atoms with Crippen LogP contribution in [0.4, 0.5) is 5.69 Å². The summed E-state index contributed by atoms with van der Waals surface area (Å²) in [6.07, 6.45) is 1.07. The van der Waals surface area contributed by atoms with Gasteiger partial charge in [0.15, 0.2) is 11.5 Å². The lowest BCUT2D eigenvalue weighted by Crippen LogP contribution is -2.52. The van der Waals surface area contributed by atoms with Crippen molar-refractivity contribution in [3.63, 3.8) is 0 Å². The van der Waals surface area contributed by atoms with Crippen molar-refractivity contribution in [2.75, 3.05) is 38.7 Å². The highest BCUT2D eigenvalue weighted by atomic mass is 32.2. The van der Waals surface area contributed by atoms with Gasteiger partial charge >= 0.3 is 0 Å². The van der Waals surface area contributed by atoms with Gasteiger partial charge < -0.3 is 24.4 Å². The topological polar surface area (TPSA) is 114 Å². The maximum Gasteiger partial charge on any atom is 0.264 e. The van der Waals surface area contributed by atoms with Gasteiger partial charge in [0.05, 0.1) is 31.9 Å². The first-order chi connectivity index (χ1) is 20.2. The van der Waals surface area contributed by atoms with Crippen LogP contribution in [0.2, 0.25) is 0 Å². The van der Waals surface area contributed by atoms with Crippen molar-refractivity contribution in [2.24, 2.45) is 0 Å². The average molecular weight is 598 g/mol. The van der Waals surface area contributed by atoms with Gasteiger partial charge in [-0.2, -0.15) is 0 Å². The Morgan fingerprint density at radius 1 is 0.857 bits per heavy atom. The number of nitrogens with one attached hydrogen (secondary N) is 1. The fraction of sp³-hybridized carbons (Fsp3) is 0.355. The minimum absolute atomic E-state index is 0.0158. The summed E-state index contributed by atoms with van der Waals surface area (Å²) in [7, 11) is 0.280. The number of nitrogens with zero attached hydrogens (tertiary/aromatic N) is 2. The summed E-state index contributed by atoms with van der Waals surface area (Å²) < 4.78 is 45.0. The lowest BCUT2D eigenvalue weighted by Gasteiger charge is -2.33. The zero-order valence-corrected chi connectivity index (χ0v) is 25.5. The number of hydrogen-bond acceptors (Lipinski definition) is 7. The van der Waals surface area contributed by atoms with Crippen molar-refractivity contribution < 1.29 is 32.2 Å². The van der Waals surface area contributed by atoms with E-state index < -0.39 is 28.5 Å². The van der Waals surface area contributed by atoms with Crippen molar-refractivity contribution in [1.29, 1.82) is 0 Å². The van der Waals surface area contributed by atoms with Crippen LogP contribution in [0.25, 0.3) is 0 Å². The Balaban J connectivity index is 2.09. The van der Waals surface area contributed by atoms with Crippen molar-refractivity contribution >= 4 is 27.5 Å². The number of amides is 2. The molecule has 226 valence electrons. The first-order valence-corrected chi connectivity index (χ1v) is 15.1. The van der Waals surface area contributed by atoms with Gasteiger partial charge in [-0.05, 0) is 54.8 Å². The summed E-state index contributed by atoms with van der Waals surface area (Å²) in [5.74, 6) is 0.516. The zero-order valence-electron chi connectivity index (χ0n) is 24.7. The van der Waals surface area contributed by atoms with E-state index in [4.69, 9.17) is 14.2 Å². The molecule has 3 aromatic carbocycles. The van der Waals surface area contributed by atoms with E-state index in [0.29, 0.717) is 30.2 Å². The van der Waals surface area contributed by atoms with Gasteiger partial charge in [0.25, 0.3) is 10.0 Å². The molecule has 0 saturated heterocycles. The summed E-state index contributed by atoms with van der Waals surface area (Å²) >= 11 is 0. The predicted octanol–water partition coefficient (Wildman–Crippen LogP) is 4.24. The molecule has 11 heteroatoms. The molecule has 0 aliphatic carbocycles. The predicted molar refractivity (Wildman–Crippen MR) is 161 cm³/mol. The molecule has 3 aromatic rings. The van der Waals surface area contributed by atoms with Crippen molar-refractivity contribution in [2.45, 2.75) is 44.2 Å². The second-order valence-corrected chi connectivity index (χ2v) is 11.3. The number of methoxy groups -OCH3 is 3. The third-order valence-corrected chi connectivity index (χ3v) is 8.50. The Hall–Kier alpha value is -4.25. The third-order valence-electron chi connectivity index (χ3n) is 6.71. The van der Waals surface area contributed by atoms with Crippen LogP contribution in [0.15, 0.2) is 77.7 Å². The monoisotopic (exact) mass is 597 g/mol. The van der Waals surface area contributed by atoms with E-state index in [1.165, 1.54) is 37.3 Å². The van der Waals surface area contributed by atoms with E-state index in [9.17, 15) is 18.0 Å². The molecule has 0 fully saturated rings. The summed E-state index contributed by atoms with van der Waals surface area (Å²) in [5, 5.41) is 2.88. The molecule has 0 spiro atoms. The Bertz CT molecular complexity index is 1430. The molecule has 1 atom stereocenters. The highest BCUT2D eigenvalue weighted by molar-refractivity contribution is 7.92. The number of carbonyl (C=O) groups is 2. The number of rotatable bonds is 15. The second-order valence-electron chi connectivity index (χ2n) is 9.45. The van der Waals surface area contributed by atoms with E-state index in [0.717, 1.165) is 16.3 Å². The summed E-state index contributed by atoms with van der Waals surface area (Å²) in [4.78, 5) is 28.8. The first-order valence-electron chi connectivity index (χ1n) is 13.7. The molecule has 0 aliphatic rings. The average Bonchev–Trinajstić information content (AvgIpc) is 3.02. The molecule has 1 N–H and O–H groups in total. The fourth-order valence-electron chi connectivity index (χ4n) is 4.44. The van der Waals surface area contributed by atoms with Crippen LogP contribution in [0.5, 0.6) is 17.2 Å². The van der Waals surface area contributed by atoms with Crippen LogP contribution >= 0.6 is 0 Å². The molecule has 10 nitrogen and oxygen atoms in total. The van der Waals surface area contributed by atoms with Crippen LogP contribution < -0.4 is 23.8 Å². The highest BCUT2D eigenvalue weighted by Gasteiger charge is 2.34. The van der Waals surface area contributed by atoms with E-state index in [2.05, 4.69) is 5.32 Å². The van der Waals surface area contributed by atoms with Crippen LogP contribution in [0.3, 0.4) is 0 Å². The molecule has 0 aromatic heterocycles. The molecular weight excluding hydrogens is 558 g/mol. The molecule has 0 radical (unpaired) electrons. The molecule has 42 heavy (non-hydrogen) atoms. The van der Waals surface area contributed by atoms with E-state index >= 15 is 0 Å². The van der Waals surface area contributed by atoms with Gasteiger partial charge in [0, 0.05) is 19.2 Å². The number of sulfonamides is 1. The minimum atomic E-state index is -4.20. The number of hydrogen-bond donors (Lipinski definition) is 1. The minimum Gasteiger partial charge on any atom is -0.497 e. The Morgan fingerprint density at radius 3 is 2.10 bits per heavy atom. The largest absolute Gasteiger partial charge is 0.497 e. The van der Waals surface area contributed by atoms with Crippen LogP contribution in [-0.2, 0) is 26.2 Å². The molecule has 0 heterocycles. The number of anilines is 1. The van der Waals surface area contributed by atoms with Gasteiger partial charge in [-0.25, -0.2) is 8.42 Å². The van der Waals surface area contributed by atoms with Crippen molar-refractivity contribution in [3.05, 3.63) is 78.4 Å². The Kier molecular flexibility index (Phi) is 11.6. The molecule has 0 aliphatic heterocycles. The first kappa shape index (κ1) is 32.3. The smallest absolute Gasteiger partial charge is 0.264 e. The Morgan fingerprint density at radius 2 is 1.52 bits per heavy atom. The number of benzene rings is 3. The highest BCUT2D eigenvalue weighted by Crippen LogP contribution is 2.34. The maximum atomic E-state index is 14.1. The number of ether oxygens (including phenoxy) is 3. The standard InChI is InChI=1S/C31H39N3O7S/c1-6-19-32-31(36)27(7-2)33(21-23-13-16-25(39-3)17-14-23)30(35)22-34(42(37,38)26-11-9-8-10-12-26)24-15-18-28(40-4)29(20-24)41-5/h8-18,20,27H,6-7,19,21-22H2,1-5H3,(H,32,36). The lowest BCUT2D eigenvalue weighted by molar-refractivity contribution is -0.140. The van der Waals surface area contributed by atoms with E-state index in [1.807, 2.05) is 26.0 Å². The van der Waals surface area contributed by atoms with Crippen LogP contribution in [0.1, 0.15) is 32.3 Å². The molecule has 0 bridgehead atoms. The van der Waals surface area contributed by atoms with Crippen molar-refractivity contribution in [3.8, 4) is 17.2 Å². The fourth-order valence-corrected chi connectivity index (χ4v) is 5.87. The maximum absolute atomic E-state index is 14.1. The quantitative estimate of drug-likeness (QED) is 0.279. The van der Waals surface area contributed by atoms with E-state index in [1.54, 1.807) is 49.6 Å². The second kappa shape index (κ2) is 15.1. The molecule has 2 amide bonds. The SMILES string of the molecule is CCCNC(=O)C(CC)N(Cc1ccc(OC)cc1)C(=O)CN(c1ccc(OC)c(OC)c1)S(=O)(=O)c1ccccc1. The molecular formula is C31H39N3O7S. The van der Waals surface area contributed by atoms with Crippen LogP contribution in [0, 0.1) is 0 Å². The van der Waals surface area contributed by atoms with Gasteiger partial charge in [-0.1, -0.05) is 44.2 Å². The number of carbonyl (C=O) groups excluding carboxylic acids is 2.